The maximum Gasteiger partial charge on any atom is 0.328 e. The highest BCUT2D eigenvalue weighted by Crippen LogP contribution is 2.42. The third kappa shape index (κ3) is 4.07. The molecule has 1 aliphatic carbocycles. The summed E-state index contributed by atoms with van der Waals surface area (Å²) in [4.78, 5) is 26.5. The fraction of sp³-hybridized carbons (Fsp3) is 0.400. The third-order valence-electron chi connectivity index (χ3n) is 3.71. The molecule has 1 aromatic heterocycles. The van der Waals surface area contributed by atoms with Gasteiger partial charge < -0.3 is 10.4 Å². The van der Waals surface area contributed by atoms with Crippen LogP contribution in [0.4, 0.5) is 0 Å². The Balaban J connectivity index is 1.92. The SMILES string of the molecule is CSC1(CNC(=O)c2ccc(/C=C/C(=O)O)cn2)CCC1. The van der Waals surface area contributed by atoms with Crippen molar-refractivity contribution in [1.29, 1.82) is 0 Å². The van der Waals surface area contributed by atoms with Gasteiger partial charge in [-0.2, -0.15) is 11.8 Å². The first-order chi connectivity index (χ1) is 10.0. The maximum absolute atomic E-state index is 12.0. The molecule has 1 heterocycles. The predicted molar refractivity (Wildman–Crippen MR) is 83.3 cm³/mol. The molecule has 0 aromatic carbocycles. The number of amides is 1. The lowest BCUT2D eigenvalue weighted by Crippen LogP contribution is -2.45. The molecule has 0 atom stereocenters. The van der Waals surface area contributed by atoms with E-state index in [0.29, 0.717) is 17.8 Å². The summed E-state index contributed by atoms with van der Waals surface area (Å²) in [5.41, 5.74) is 0.992. The monoisotopic (exact) mass is 306 g/mol. The molecule has 0 aliphatic heterocycles. The molecule has 112 valence electrons. The molecule has 0 saturated heterocycles. The number of nitrogens with zero attached hydrogens (tertiary/aromatic N) is 1. The molecule has 5 nitrogen and oxygen atoms in total. The van der Waals surface area contributed by atoms with Gasteiger partial charge >= 0.3 is 5.97 Å². The quantitative estimate of drug-likeness (QED) is 0.788. The van der Waals surface area contributed by atoms with E-state index in [4.69, 9.17) is 5.11 Å². The lowest BCUT2D eigenvalue weighted by atomic mass is 9.84. The van der Waals surface area contributed by atoms with E-state index in [1.807, 2.05) is 11.8 Å². The zero-order valence-electron chi connectivity index (χ0n) is 11.8. The van der Waals surface area contributed by atoms with Gasteiger partial charge in [-0.3, -0.25) is 9.78 Å². The number of nitrogens with one attached hydrogen (secondary N) is 1. The van der Waals surface area contributed by atoms with Gasteiger partial charge in [0.1, 0.15) is 5.69 Å². The molecular weight excluding hydrogens is 288 g/mol. The number of rotatable bonds is 6. The van der Waals surface area contributed by atoms with E-state index in [2.05, 4.69) is 16.6 Å². The first kappa shape index (κ1) is 15.6. The van der Waals surface area contributed by atoms with Crippen molar-refractivity contribution in [3.05, 3.63) is 35.7 Å². The van der Waals surface area contributed by atoms with Gasteiger partial charge in [0.05, 0.1) is 0 Å². The molecule has 0 radical (unpaired) electrons. The van der Waals surface area contributed by atoms with Crippen LogP contribution >= 0.6 is 11.8 Å². The van der Waals surface area contributed by atoms with Crippen molar-refractivity contribution < 1.29 is 14.7 Å². The smallest absolute Gasteiger partial charge is 0.328 e. The van der Waals surface area contributed by atoms with Crippen LogP contribution in [0, 0.1) is 0 Å². The van der Waals surface area contributed by atoms with E-state index in [0.717, 1.165) is 18.9 Å². The second-order valence-corrected chi connectivity index (χ2v) is 6.35. The Morgan fingerprint density at radius 3 is 2.71 bits per heavy atom. The van der Waals surface area contributed by atoms with Crippen LogP contribution in [0.5, 0.6) is 0 Å². The van der Waals surface area contributed by atoms with Crippen LogP contribution in [0.1, 0.15) is 35.3 Å². The number of hydrogen-bond acceptors (Lipinski definition) is 4. The average molecular weight is 306 g/mol. The second kappa shape index (κ2) is 6.76. The minimum absolute atomic E-state index is 0.191. The molecule has 0 spiro atoms. The van der Waals surface area contributed by atoms with Gasteiger partial charge in [-0.15, -0.1) is 0 Å². The number of pyridine rings is 1. The number of aliphatic carboxylic acids is 1. The number of hydrogen-bond donors (Lipinski definition) is 2. The van der Waals surface area contributed by atoms with Crippen LogP contribution < -0.4 is 5.32 Å². The largest absolute Gasteiger partial charge is 0.478 e. The van der Waals surface area contributed by atoms with Gasteiger partial charge in [-0.25, -0.2) is 4.79 Å². The normalized spacial score (nSPS) is 16.4. The summed E-state index contributed by atoms with van der Waals surface area (Å²) in [5, 5.41) is 11.5. The van der Waals surface area contributed by atoms with Crippen LogP contribution in [-0.2, 0) is 4.79 Å². The minimum Gasteiger partial charge on any atom is -0.478 e. The fourth-order valence-corrected chi connectivity index (χ4v) is 3.08. The number of carboxylic acid groups (broad SMARTS) is 1. The molecule has 1 saturated carbocycles. The molecule has 2 N–H and O–H groups in total. The Kier molecular flexibility index (Phi) is 5.01. The maximum atomic E-state index is 12.0. The summed E-state index contributed by atoms with van der Waals surface area (Å²) in [6.07, 6.45) is 9.54. The molecule has 0 bridgehead atoms. The molecule has 1 aliphatic rings. The van der Waals surface area contributed by atoms with Crippen molar-refractivity contribution in [1.82, 2.24) is 10.3 Å². The van der Waals surface area contributed by atoms with Crippen molar-refractivity contribution in [2.75, 3.05) is 12.8 Å². The summed E-state index contributed by atoms with van der Waals surface area (Å²) < 4.78 is 0.194. The highest BCUT2D eigenvalue weighted by molar-refractivity contribution is 8.00. The molecular formula is C15H18N2O3S. The first-order valence-electron chi connectivity index (χ1n) is 6.75. The number of aromatic nitrogens is 1. The molecule has 6 heteroatoms. The van der Waals surface area contributed by atoms with Gasteiger partial charge in [0.15, 0.2) is 0 Å². The number of carboxylic acids is 1. The number of thioether (sulfide) groups is 1. The second-order valence-electron chi connectivity index (χ2n) is 5.07. The lowest BCUT2D eigenvalue weighted by molar-refractivity contribution is -0.131. The lowest BCUT2D eigenvalue weighted by Gasteiger charge is -2.40. The van der Waals surface area contributed by atoms with Crippen molar-refractivity contribution >= 4 is 29.7 Å². The van der Waals surface area contributed by atoms with E-state index >= 15 is 0 Å². The van der Waals surface area contributed by atoms with Crippen LogP contribution in [0.15, 0.2) is 24.4 Å². The molecule has 1 aromatic rings. The van der Waals surface area contributed by atoms with Crippen molar-refractivity contribution in [3.63, 3.8) is 0 Å². The highest BCUT2D eigenvalue weighted by Gasteiger charge is 2.36. The predicted octanol–water partition coefficient (Wildman–Crippen LogP) is 2.19. The van der Waals surface area contributed by atoms with Crippen molar-refractivity contribution in [2.24, 2.45) is 0 Å². The molecule has 2 rings (SSSR count). The summed E-state index contributed by atoms with van der Waals surface area (Å²) in [6, 6.07) is 3.28. The number of carbonyl (C=O) groups is 2. The Bertz CT molecular complexity index is 545. The van der Waals surface area contributed by atoms with Gasteiger partial charge in [0.25, 0.3) is 5.91 Å². The van der Waals surface area contributed by atoms with Crippen LogP contribution in [0.2, 0.25) is 0 Å². The average Bonchev–Trinajstić information content (AvgIpc) is 2.44. The zero-order chi connectivity index (χ0) is 15.3. The van der Waals surface area contributed by atoms with Crippen LogP contribution in [0.25, 0.3) is 6.08 Å². The van der Waals surface area contributed by atoms with E-state index in [1.165, 1.54) is 18.7 Å². The summed E-state index contributed by atoms with van der Waals surface area (Å²) in [6.45, 7) is 0.662. The van der Waals surface area contributed by atoms with Crippen molar-refractivity contribution in [2.45, 2.75) is 24.0 Å². The molecule has 1 amide bonds. The Morgan fingerprint density at radius 1 is 1.48 bits per heavy atom. The Labute approximate surface area is 127 Å². The van der Waals surface area contributed by atoms with E-state index < -0.39 is 5.97 Å². The minimum atomic E-state index is -1.01. The van der Waals surface area contributed by atoms with Crippen molar-refractivity contribution in [3.8, 4) is 0 Å². The summed E-state index contributed by atoms with van der Waals surface area (Å²) >= 11 is 1.81. The molecule has 1 fully saturated rings. The van der Waals surface area contributed by atoms with E-state index in [-0.39, 0.29) is 10.7 Å². The highest BCUT2D eigenvalue weighted by atomic mass is 32.2. The molecule has 21 heavy (non-hydrogen) atoms. The van der Waals surface area contributed by atoms with Gasteiger partial charge in [0.2, 0.25) is 0 Å². The number of carbonyl (C=O) groups excluding carboxylic acids is 1. The van der Waals surface area contributed by atoms with E-state index in [1.54, 1.807) is 12.1 Å². The first-order valence-corrected chi connectivity index (χ1v) is 7.98. The fourth-order valence-electron chi connectivity index (χ4n) is 2.16. The molecule has 0 unspecified atom stereocenters. The Morgan fingerprint density at radius 2 is 2.24 bits per heavy atom. The summed E-state index contributed by atoms with van der Waals surface area (Å²) in [5.74, 6) is -1.20. The Hall–Kier alpha value is -1.82. The third-order valence-corrected chi connectivity index (χ3v) is 5.12. The van der Waals surface area contributed by atoms with E-state index in [9.17, 15) is 9.59 Å². The summed E-state index contributed by atoms with van der Waals surface area (Å²) in [7, 11) is 0. The van der Waals surface area contributed by atoms with Crippen LogP contribution in [-0.4, -0.2) is 39.5 Å². The van der Waals surface area contributed by atoms with Gasteiger partial charge in [0, 0.05) is 23.6 Å². The zero-order valence-corrected chi connectivity index (χ0v) is 12.7. The topological polar surface area (TPSA) is 79.3 Å². The van der Waals surface area contributed by atoms with Gasteiger partial charge in [-0.05, 0) is 36.8 Å². The standard InChI is InChI=1S/C15H18N2O3S/c1-21-15(7-2-8-15)10-17-14(20)12-5-3-11(9-16-12)4-6-13(18)19/h3-6,9H,2,7-8,10H2,1H3,(H,17,20)(H,18,19)/b6-4+. The van der Waals surface area contributed by atoms with Crippen LogP contribution in [0.3, 0.4) is 0 Å². The van der Waals surface area contributed by atoms with Gasteiger partial charge in [-0.1, -0.05) is 12.5 Å².